The third-order valence-electron chi connectivity index (χ3n) is 1.43. The Hall–Kier alpha value is -1.56. The molecule has 0 atom stereocenters. The van der Waals surface area contributed by atoms with Crippen LogP contribution in [0, 0.1) is 51.7 Å². The molecule has 0 spiro atoms. The number of hydrogen-bond donors (Lipinski definition) is 0. The molecule has 0 aliphatic heterocycles. The van der Waals surface area contributed by atoms with Crippen LogP contribution < -0.4 is 0 Å². The van der Waals surface area contributed by atoms with Crippen LogP contribution in [0.5, 0.6) is 0 Å². The molecular formula is C17H18Co2O8Si. The summed E-state index contributed by atoms with van der Waals surface area (Å²) < 4.78 is 49.4. The van der Waals surface area contributed by atoms with E-state index in [1.165, 1.54) is 7.11 Å². The molecule has 0 aliphatic carbocycles. The van der Waals surface area contributed by atoms with Crippen molar-refractivity contribution in [2.24, 2.45) is 0 Å². The average molecular weight is 496 g/mol. The first-order valence-corrected chi connectivity index (χ1v) is 9.50. The van der Waals surface area contributed by atoms with Gasteiger partial charge < -0.3 is 4.74 Å². The molecule has 0 fully saturated rings. The van der Waals surface area contributed by atoms with Crippen LogP contribution in [0.25, 0.3) is 0 Å². The van der Waals surface area contributed by atoms with Gasteiger partial charge in [-0.3, -0.25) is 0 Å². The van der Waals surface area contributed by atoms with Crippen molar-refractivity contribution in [3.05, 3.63) is 51.7 Å². The molecule has 0 heterocycles. The Kier molecular flexibility index (Phi) is 146. The first-order valence-electron chi connectivity index (χ1n) is 5.93. The van der Waals surface area contributed by atoms with Crippen LogP contribution in [0.4, 0.5) is 0 Å². The molecule has 0 saturated carbocycles. The van der Waals surface area contributed by atoms with Gasteiger partial charge >= 0.3 is 73.8 Å². The van der Waals surface area contributed by atoms with Gasteiger partial charge in [0.25, 0.3) is 0 Å². The second kappa shape index (κ2) is 72.9. The maximum absolute atomic E-state index is 10.6. The van der Waals surface area contributed by atoms with Crippen molar-refractivity contribution in [3.63, 3.8) is 0 Å². The number of methoxy groups -OCH3 is 1. The summed E-state index contributed by atoms with van der Waals surface area (Å²) in [5.74, 6) is 4.70. The van der Waals surface area contributed by atoms with Gasteiger partial charge in [0.1, 0.15) is 0 Å². The minimum Gasteiger partial charge on any atom is 0 e. The van der Waals surface area contributed by atoms with Crippen molar-refractivity contribution in [2.75, 3.05) is 7.11 Å². The van der Waals surface area contributed by atoms with Crippen molar-refractivity contribution >= 4 is 14.0 Å². The monoisotopic (exact) mass is 496 g/mol. The Morgan fingerprint density at radius 2 is 1.18 bits per heavy atom. The molecule has 0 aromatic heterocycles. The Bertz CT molecular complexity index is 454. The number of hydrogen-bond acceptors (Lipinski definition) is 2. The van der Waals surface area contributed by atoms with E-state index in [4.69, 9.17) is 27.9 Å². The number of unbranched alkanes of at least 4 members (excludes halogenated alkanes) is 1. The largest absolute Gasteiger partial charge is 0 e. The molecule has 0 rings (SSSR count). The quantitative estimate of drug-likeness (QED) is 0.112. The van der Waals surface area contributed by atoms with Gasteiger partial charge in [0, 0.05) is 45.9 Å². The van der Waals surface area contributed by atoms with Gasteiger partial charge in [0.2, 0.25) is 0 Å². The summed E-state index contributed by atoms with van der Waals surface area (Å²) in [6.45, 7) is 33.8. The Morgan fingerprint density at radius 1 is 0.857 bits per heavy atom. The number of allylic oxidation sites excluding steroid dienone is 1. The van der Waals surface area contributed by atoms with Crippen LogP contribution in [-0.4, -0.2) is 21.2 Å². The Morgan fingerprint density at radius 3 is 1.43 bits per heavy atom. The van der Waals surface area contributed by atoms with Gasteiger partial charge in [-0.2, -0.15) is 0 Å². The van der Waals surface area contributed by atoms with Gasteiger partial charge in [-0.15, -0.1) is 0 Å². The van der Waals surface area contributed by atoms with E-state index in [1.54, 1.807) is 0 Å². The molecule has 0 aliphatic rings. The third-order valence-corrected chi connectivity index (χ3v) is 2.67. The summed E-state index contributed by atoms with van der Waals surface area (Å²) in [4.78, 5) is 10.6. The molecule has 0 bridgehead atoms. The summed E-state index contributed by atoms with van der Waals surface area (Å²) in [5, 5.41) is 0. The summed E-state index contributed by atoms with van der Waals surface area (Å²) >= 11 is 0. The van der Waals surface area contributed by atoms with E-state index < -0.39 is 14.0 Å². The van der Waals surface area contributed by atoms with Crippen LogP contribution in [-0.2, 0) is 71.0 Å². The van der Waals surface area contributed by atoms with Crippen LogP contribution in [0.2, 0.25) is 19.6 Å². The maximum Gasteiger partial charge on any atom is 0 e. The Balaban J connectivity index is -0.0000000315. The predicted molar refractivity (Wildman–Crippen MR) is 85.1 cm³/mol. The average Bonchev–Trinajstić information content (AvgIpc) is 2.72. The molecule has 156 valence electrons. The number of esters is 1. The topological polar surface area (TPSA) is 146 Å². The number of carbonyl (C=O) groups is 1. The summed E-state index contributed by atoms with van der Waals surface area (Å²) in [6.07, 6.45) is 3.78. The zero-order chi connectivity index (χ0) is 23.0. The normalized spacial score (nSPS) is 5.86. The molecule has 0 amide bonds. The van der Waals surface area contributed by atoms with Crippen molar-refractivity contribution in [2.45, 2.75) is 32.5 Å². The first-order chi connectivity index (χ1) is 12.5. The molecule has 0 saturated heterocycles. The van der Waals surface area contributed by atoms with Crippen molar-refractivity contribution in [1.82, 2.24) is 0 Å². The molecule has 28 heavy (non-hydrogen) atoms. The van der Waals surface area contributed by atoms with E-state index in [0.29, 0.717) is 0 Å². The smallest absolute Gasteiger partial charge is 0 e. The van der Waals surface area contributed by atoms with Gasteiger partial charge in [-0.05, 0) is 6.42 Å². The number of carbonyl (C=O) groups excluding carboxylic acids is 1. The standard InChI is InChI=1S/C11H18O2Si.6CO.2Co/c1-13-11(12)9-7-5-6-8-10-14(2,3)4;6*1-2;;/h8,10H,5-6H2,1-4H3;;;;;;;;/b10-8+;;;;;;;;. The molecule has 0 aromatic carbocycles. The van der Waals surface area contributed by atoms with E-state index in [-0.39, 0.29) is 33.6 Å². The van der Waals surface area contributed by atoms with Crippen LogP contribution >= 0.6 is 0 Å². The number of rotatable bonds is 3. The third kappa shape index (κ3) is 123. The fraction of sp³-hybridized carbons (Fsp3) is 0.353. The SMILES string of the molecule is COC(=O)C#CCC/C=C/[Si](C)(C)C.[C-]#[O+].[C-]#[O+].[C-]#[O+].[C-]#[O+].[C-]#[O+].[C-]#[O+].[Co].[Co]. The zero-order valence-corrected chi connectivity index (χ0v) is 18.6. The fourth-order valence-corrected chi connectivity index (χ4v) is 1.65. The Labute approximate surface area is 188 Å². The maximum atomic E-state index is 10.6. The predicted octanol–water partition coefficient (Wildman–Crippen LogP) is 2.15. The summed E-state index contributed by atoms with van der Waals surface area (Å²) in [5.41, 5.74) is 2.28. The second-order valence-electron chi connectivity index (χ2n) is 4.10. The zero-order valence-electron chi connectivity index (χ0n) is 15.5. The fourth-order valence-electron chi connectivity index (χ4n) is 0.778. The molecule has 0 unspecified atom stereocenters. The molecule has 0 N–H and O–H groups in total. The van der Waals surface area contributed by atoms with E-state index in [1.807, 2.05) is 0 Å². The van der Waals surface area contributed by atoms with Crippen molar-refractivity contribution < 1.29 is 71.0 Å². The minimum absolute atomic E-state index is 0. The number of ether oxygens (including phenoxy) is 1. The second-order valence-corrected chi connectivity index (χ2v) is 9.17. The van der Waals surface area contributed by atoms with Gasteiger partial charge in [-0.1, -0.05) is 37.3 Å². The van der Waals surface area contributed by atoms with Crippen molar-refractivity contribution in [1.29, 1.82) is 0 Å². The van der Waals surface area contributed by atoms with Crippen molar-refractivity contribution in [3.8, 4) is 11.8 Å². The first kappa shape index (κ1) is 56.3. The van der Waals surface area contributed by atoms with E-state index >= 15 is 0 Å². The van der Waals surface area contributed by atoms with Gasteiger partial charge in [0.05, 0.1) is 15.2 Å². The van der Waals surface area contributed by atoms with E-state index in [0.717, 1.165) is 12.8 Å². The molecular weight excluding hydrogens is 478 g/mol. The van der Waals surface area contributed by atoms with E-state index in [2.05, 4.69) is 87.9 Å². The summed E-state index contributed by atoms with van der Waals surface area (Å²) in [7, 11) is 0.269. The molecule has 8 nitrogen and oxygen atoms in total. The van der Waals surface area contributed by atoms with Crippen LogP contribution in [0.15, 0.2) is 11.8 Å². The van der Waals surface area contributed by atoms with Crippen LogP contribution in [0.3, 0.4) is 0 Å². The van der Waals surface area contributed by atoms with Crippen LogP contribution in [0.1, 0.15) is 12.8 Å². The molecule has 2 radical (unpaired) electrons. The molecule has 0 aromatic rings. The molecule has 11 heteroatoms. The minimum atomic E-state index is -1.07. The van der Waals surface area contributed by atoms with Gasteiger partial charge in [-0.25, -0.2) is 4.79 Å². The summed E-state index contributed by atoms with van der Waals surface area (Å²) in [6, 6.07) is 0. The van der Waals surface area contributed by atoms with E-state index in [9.17, 15) is 4.79 Å². The van der Waals surface area contributed by atoms with Gasteiger partial charge in [0.15, 0.2) is 0 Å².